The number of rotatable bonds is 4. The first-order chi connectivity index (χ1) is 13.9. The van der Waals surface area contributed by atoms with Crippen LogP contribution >= 0.6 is 23.6 Å². The van der Waals surface area contributed by atoms with Crippen molar-refractivity contribution in [3.05, 3.63) is 69.4 Å². The van der Waals surface area contributed by atoms with Gasteiger partial charge in [0, 0.05) is 28.4 Å². The average Bonchev–Trinajstić information content (AvgIpc) is 2.65. The zero-order chi connectivity index (χ0) is 22.3. The number of fused-ring (bicyclic) bond motifs is 1. The van der Waals surface area contributed by atoms with Crippen LogP contribution < -0.4 is 9.50 Å². The summed E-state index contributed by atoms with van der Waals surface area (Å²) in [5.74, 6) is -0.514. The van der Waals surface area contributed by atoms with Gasteiger partial charge in [-0.05, 0) is 42.3 Å². The van der Waals surface area contributed by atoms with E-state index in [9.17, 15) is 18.0 Å². The number of anilines is 1. The van der Waals surface area contributed by atoms with Gasteiger partial charge in [-0.15, -0.1) is 0 Å². The smallest absolute Gasteiger partial charge is 0.416 e. The molecule has 9 heteroatoms. The zero-order valence-electron chi connectivity index (χ0n) is 16.1. The van der Waals surface area contributed by atoms with Crippen LogP contribution in [0.15, 0.2) is 42.1 Å². The highest BCUT2D eigenvalue weighted by atomic mass is 35.5. The molecule has 0 saturated carbocycles. The number of carbonyl (C=O) groups excluding carboxylic acids is 1. The first kappa shape index (κ1) is 22.1. The maximum Gasteiger partial charge on any atom is 0.479 e. The van der Waals surface area contributed by atoms with Gasteiger partial charge in [-0.2, -0.15) is 18.4 Å². The summed E-state index contributed by atoms with van der Waals surface area (Å²) in [6.45, 7) is 5.51. The fourth-order valence-corrected chi connectivity index (χ4v) is 3.70. The summed E-state index contributed by atoms with van der Waals surface area (Å²) in [7, 11) is 0. The lowest BCUT2D eigenvalue weighted by Gasteiger charge is -2.35. The maximum absolute atomic E-state index is 12.7. The van der Waals surface area contributed by atoms with E-state index in [0.717, 1.165) is 5.56 Å². The van der Waals surface area contributed by atoms with E-state index in [1.54, 1.807) is 18.2 Å². The molecule has 0 atom stereocenters. The van der Waals surface area contributed by atoms with Crippen molar-refractivity contribution in [1.29, 1.82) is 5.26 Å². The summed E-state index contributed by atoms with van der Waals surface area (Å²) in [5.41, 5.74) is -2.08. The molecule has 0 amide bonds. The fraction of sp³-hybridized carbons (Fsp3) is 0.238. The van der Waals surface area contributed by atoms with Crippen molar-refractivity contribution in [2.75, 3.05) is 5.32 Å². The molecule has 1 aliphatic rings. The van der Waals surface area contributed by atoms with E-state index in [0.29, 0.717) is 28.1 Å². The molecule has 0 aromatic heterocycles. The molecule has 0 heterocycles. The van der Waals surface area contributed by atoms with E-state index in [1.165, 1.54) is 18.2 Å². The first-order valence-electron chi connectivity index (χ1n) is 8.73. The molecule has 0 radical (unpaired) electrons. The van der Waals surface area contributed by atoms with Crippen molar-refractivity contribution in [2.24, 2.45) is 0 Å². The number of hydrogen-bond acceptors (Lipinski definition) is 5. The molecule has 156 valence electrons. The second kappa shape index (κ2) is 7.89. The number of ketones is 1. The third-order valence-electron chi connectivity index (χ3n) is 4.82. The van der Waals surface area contributed by atoms with Gasteiger partial charge in [0.1, 0.15) is 0 Å². The molecule has 4 nitrogen and oxygen atoms in total. The first-order valence-corrected chi connectivity index (χ1v) is 9.85. The van der Waals surface area contributed by atoms with Crippen LogP contribution in [0.2, 0.25) is 5.02 Å². The Balaban J connectivity index is 2.01. The predicted molar refractivity (Wildman–Crippen MR) is 111 cm³/mol. The Labute approximate surface area is 180 Å². The van der Waals surface area contributed by atoms with Crippen molar-refractivity contribution < 1.29 is 22.1 Å². The highest BCUT2D eigenvalue weighted by Crippen LogP contribution is 2.44. The Morgan fingerprint density at radius 2 is 1.93 bits per heavy atom. The minimum atomic E-state index is -4.60. The third kappa shape index (κ3) is 4.42. The lowest BCUT2D eigenvalue weighted by molar-refractivity contribution is -0.0369. The van der Waals surface area contributed by atoms with E-state index in [-0.39, 0.29) is 16.6 Å². The number of allylic oxidation sites excluding steroid dienone is 2. The second-order valence-electron chi connectivity index (χ2n) is 7.25. The zero-order valence-corrected chi connectivity index (χ0v) is 17.7. The van der Waals surface area contributed by atoms with Crippen LogP contribution in [0.4, 0.5) is 18.9 Å². The number of benzene rings is 2. The van der Waals surface area contributed by atoms with E-state index >= 15 is 0 Å². The van der Waals surface area contributed by atoms with Crippen molar-refractivity contribution in [3.63, 3.8) is 0 Å². The molecular weight excluding hydrogens is 437 g/mol. The fourth-order valence-electron chi connectivity index (χ4n) is 3.13. The Morgan fingerprint density at radius 1 is 1.23 bits per heavy atom. The molecule has 1 aliphatic carbocycles. The van der Waals surface area contributed by atoms with Gasteiger partial charge >= 0.3 is 5.51 Å². The minimum Gasteiger partial charge on any atom is -0.416 e. The lowest BCUT2D eigenvalue weighted by atomic mass is 9.74. The molecule has 1 N–H and O–H groups in total. The van der Waals surface area contributed by atoms with Crippen LogP contribution in [-0.4, -0.2) is 11.3 Å². The molecule has 0 unspecified atom stereocenters. The highest BCUT2D eigenvalue weighted by molar-refractivity contribution is 7.95. The Morgan fingerprint density at radius 3 is 2.57 bits per heavy atom. The van der Waals surface area contributed by atoms with Gasteiger partial charge in [-0.1, -0.05) is 31.5 Å². The molecular formula is C21H16ClF3N2O2S. The summed E-state index contributed by atoms with van der Waals surface area (Å²) in [6, 6.07) is 9.89. The summed E-state index contributed by atoms with van der Waals surface area (Å²) in [6.07, 6.45) is 1.43. The summed E-state index contributed by atoms with van der Waals surface area (Å²) in [4.78, 5) is 12.7. The number of nitriles is 1. The average molecular weight is 453 g/mol. The topological polar surface area (TPSA) is 62.1 Å². The number of nitrogens with one attached hydrogen (secondary N) is 1. The van der Waals surface area contributed by atoms with E-state index in [1.807, 2.05) is 20.8 Å². The molecule has 2 aromatic rings. The number of hydrogen-bond donors (Lipinski definition) is 1. The number of halogens is 4. The van der Waals surface area contributed by atoms with Crippen molar-refractivity contribution in [1.82, 2.24) is 0 Å². The molecule has 0 saturated heterocycles. The summed E-state index contributed by atoms with van der Waals surface area (Å²) < 4.78 is 42.4. The number of nitrogens with zero attached hydrogens (tertiary/aromatic N) is 1. The van der Waals surface area contributed by atoms with Gasteiger partial charge < -0.3 is 9.50 Å². The molecule has 30 heavy (non-hydrogen) atoms. The monoisotopic (exact) mass is 452 g/mol. The lowest BCUT2D eigenvalue weighted by Crippen LogP contribution is -2.32. The van der Waals surface area contributed by atoms with Gasteiger partial charge in [0.2, 0.25) is 0 Å². The molecule has 0 bridgehead atoms. The number of carbonyl (C=O) groups is 1. The Kier molecular flexibility index (Phi) is 5.81. The Hall–Kier alpha value is -2.63. The van der Waals surface area contributed by atoms with Crippen molar-refractivity contribution >= 4 is 35.1 Å². The highest BCUT2D eigenvalue weighted by Gasteiger charge is 2.37. The van der Waals surface area contributed by atoms with Crippen LogP contribution in [0.1, 0.15) is 40.9 Å². The van der Waals surface area contributed by atoms with Crippen LogP contribution in [0.5, 0.6) is 5.75 Å². The van der Waals surface area contributed by atoms with E-state index < -0.39 is 23.0 Å². The van der Waals surface area contributed by atoms with Crippen LogP contribution in [0.25, 0.3) is 0 Å². The van der Waals surface area contributed by atoms with Crippen molar-refractivity contribution in [3.8, 4) is 11.8 Å². The molecule has 3 rings (SSSR count). The normalized spacial score (nSPS) is 15.1. The number of alkyl halides is 3. The Bertz CT molecular complexity index is 1100. The minimum absolute atomic E-state index is 0.0861. The number of aryl methyl sites for hydroxylation is 1. The predicted octanol–water partition coefficient (Wildman–Crippen LogP) is 6.54. The van der Waals surface area contributed by atoms with Crippen LogP contribution in [0.3, 0.4) is 0 Å². The van der Waals surface area contributed by atoms with Gasteiger partial charge in [-0.25, -0.2) is 0 Å². The van der Waals surface area contributed by atoms with Gasteiger partial charge in [0.15, 0.2) is 23.6 Å². The SMILES string of the molecule is Cc1ccc(C#N)cc1NC1=CC(=O)c2cc(Cl)c(OSC(F)(F)F)cc2C1(C)C. The molecule has 0 fully saturated rings. The summed E-state index contributed by atoms with van der Waals surface area (Å²) in [5, 5.41) is 12.3. The third-order valence-corrected chi connectivity index (χ3v) is 5.57. The van der Waals surface area contributed by atoms with E-state index in [2.05, 4.69) is 11.4 Å². The van der Waals surface area contributed by atoms with Gasteiger partial charge in [0.25, 0.3) is 0 Å². The summed E-state index contributed by atoms with van der Waals surface area (Å²) >= 11 is 5.38. The largest absolute Gasteiger partial charge is 0.479 e. The molecule has 0 aliphatic heterocycles. The van der Waals surface area contributed by atoms with Crippen molar-refractivity contribution in [2.45, 2.75) is 31.7 Å². The standard InChI is InChI=1S/C21H16ClF3N2O2S/c1-11-4-5-12(10-26)6-16(11)27-19-9-17(28)13-7-15(22)18(29-30-21(23,24)25)8-14(13)20(19,2)3/h4-9,27H,1-3H3. The van der Waals surface area contributed by atoms with Gasteiger partial charge in [0.05, 0.1) is 16.7 Å². The second-order valence-corrected chi connectivity index (χ2v) is 8.46. The molecule has 0 spiro atoms. The molecule has 2 aromatic carbocycles. The maximum atomic E-state index is 12.7. The van der Waals surface area contributed by atoms with Crippen LogP contribution in [-0.2, 0) is 5.41 Å². The van der Waals surface area contributed by atoms with E-state index in [4.69, 9.17) is 21.0 Å². The van der Waals surface area contributed by atoms with Crippen LogP contribution in [0, 0.1) is 18.3 Å². The quantitative estimate of drug-likeness (QED) is 0.534. The van der Waals surface area contributed by atoms with Gasteiger partial charge in [-0.3, -0.25) is 4.79 Å².